The molecule has 3 aromatic rings. The SMILES string of the molecule is Cc1ccc(OCCN(C)C(=O)c2cnn(-c3ccccc3)c2C)cc1. The minimum atomic E-state index is -0.0582. The first-order chi connectivity index (χ1) is 12.6. The van der Waals surface area contributed by atoms with Crippen LogP contribution in [-0.2, 0) is 0 Å². The lowest BCUT2D eigenvalue weighted by molar-refractivity contribution is 0.0773. The van der Waals surface area contributed by atoms with Crippen LogP contribution < -0.4 is 4.74 Å². The molecule has 5 nitrogen and oxygen atoms in total. The molecule has 3 rings (SSSR count). The largest absolute Gasteiger partial charge is 0.492 e. The summed E-state index contributed by atoms with van der Waals surface area (Å²) in [4.78, 5) is 14.4. The fourth-order valence-electron chi connectivity index (χ4n) is 2.69. The molecule has 26 heavy (non-hydrogen) atoms. The number of ether oxygens (including phenoxy) is 1. The minimum absolute atomic E-state index is 0.0582. The molecule has 1 amide bonds. The van der Waals surface area contributed by atoms with Crippen molar-refractivity contribution in [2.45, 2.75) is 13.8 Å². The zero-order chi connectivity index (χ0) is 18.5. The van der Waals surface area contributed by atoms with Crippen LogP contribution in [0.1, 0.15) is 21.6 Å². The lowest BCUT2D eigenvalue weighted by atomic mass is 10.2. The summed E-state index contributed by atoms with van der Waals surface area (Å²) < 4.78 is 7.49. The zero-order valence-corrected chi connectivity index (χ0v) is 15.3. The lowest BCUT2D eigenvalue weighted by Gasteiger charge is -2.17. The number of carbonyl (C=O) groups is 1. The maximum Gasteiger partial charge on any atom is 0.257 e. The molecular weight excluding hydrogens is 326 g/mol. The van der Waals surface area contributed by atoms with Crippen LogP contribution in [0.3, 0.4) is 0 Å². The molecule has 0 spiro atoms. The molecule has 0 aliphatic rings. The van der Waals surface area contributed by atoms with E-state index in [0.29, 0.717) is 18.7 Å². The third-order valence-electron chi connectivity index (χ3n) is 4.30. The standard InChI is InChI=1S/C21H23N3O2/c1-16-9-11-19(12-10-16)26-14-13-23(3)21(25)20-15-22-24(17(20)2)18-7-5-4-6-8-18/h4-12,15H,13-14H2,1-3H3. The molecule has 0 saturated carbocycles. The van der Waals surface area contributed by atoms with Crippen molar-refractivity contribution in [3.8, 4) is 11.4 Å². The van der Waals surface area contributed by atoms with E-state index in [4.69, 9.17) is 4.74 Å². The summed E-state index contributed by atoms with van der Waals surface area (Å²) in [6, 6.07) is 17.7. The molecule has 0 unspecified atom stereocenters. The second-order valence-corrected chi connectivity index (χ2v) is 6.28. The summed E-state index contributed by atoms with van der Waals surface area (Å²) in [5.74, 6) is 0.752. The summed E-state index contributed by atoms with van der Waals surface area (Å²) in [5, 5.41) is 4.36. The van der Waals surface area contributed by atoms with E-state index in [1.807, 2.05) is 68.4 Å². The normalized spacial score (nSPS) is 10.6. The highest BCUT2D eigenvalue weighted by atomic mass is 16.5. The van der Waals surface area contributed by atoms with E-state index in [9.17, 15) is 4.79 Å². The number of rotatable bonds is 6. The first kappa shape index (κ1) is 17.7. The predicted molar refractivity (Wildman–Crippen MR) is 102 cm³/mol. The third-order valence-corrected chi connectivity index (χ3v) is 4.30. The number of aromatic nitrogens is 2. The Morgan fingerprint density at radius 3 is 2.46 bits per heavy atom. The van der Waals surface area contributed by atoms with Crippen LogP contribution >= 0.6 is 0 Å². The fourth-order valence-corrected chi connectivity index (χ4v) is 2.69. The van der Waals surface area contributed by atoms with Crippen molar-refractivity contribution >= 4 is 5.91 Å². The Morgan fingerprint density at radius 1 is 1.08 bits per heavy atom. The van der Waals surface area contributed by atoms with Crippen molar-refractivity contribution in [2.24, 2.45) is 0 Å². The van der Waals surface area contributed by atoms with Gasteiger partial charge in [0.05, 0.1) is 29.7 Å². The van der Waals surface area contributed by atoms with E-state index >= 15 is 0 Å². The van der Waals surface area contributed by atoms with Gasteiger partial charge in [0.2, 0.25) is 0 Å². The third kappa shape index (κ3) is 3.94. The smallest absolute Gasteiger partial charge is 0.257 e. The van der Waals surface area contributed by atoms with Crippen molar-refractivity contribution in [2.75, 3.05) is 20.2 Å². The summed E-state index contributed by atoms with van der Waals surface area (Å²) >= 11 is 0. The molecule has 0 radical (unpaired) electrons. The van der Waals surface area contributed by atoms with Gasteiger partial charge in [-0.1, -0.05) is 35.9 Å². The van der Waals surface area contributed by atoms with E-state index < -0.39 is 0 Å². The molecule has 0 aliphatic heterocycles. The molecular formula is C21H23N3O2. The average Bonchev–Trinajstić information content (AvgIpc) is 3.04. The van der Waals surface area contributed by atoms with E-state index in [1.165, 1.54) is 5.56 Å². The Kier molecular flexibility index (Phi) is 5.37. The quantitative estimate of drug-likeness (QED) is 0.683. The molecule has 0 saturated heterocycles. The van der Waals surface area contributed by atoms with E-state index in [-0.39, 0.29) is 5.91 Å². The van der Waals surface area contributed by atoms with Crippen LogP contribution in [-0.4, -0.2) is 40.8 Å². The number of nitrogens with zero attached hydrogens (tertiary/aromatic N) is 3. The van der Waals surface area contributed by atoms with Gasteiger partial charge in [-0.2, -0.15) is 5.10 Å². The van der Waals surface area contributed by atoms with Crippen LogP contribution in [0, 0.1) is 13.8 Å². The summed E-state index contributed by atoms with van der Waals surface area (Å²) in [6.07, 6.45) is 1.63. The highest BCUT2D eigenvalue weighted by molar-refractivity contribution is 5.95. The summed E-state index contributed by atoms with van der Waals surface area (Å²) in [6.45, 7) is 4.89. The average molecular weight is 349 g/mol. The Balaban J connectivity index is 1.62. The van der Waals surface area contributed by atoms with Gasteiger partial charge in [0, 0.05) is 7.05 Å². The molecule has 0 aliphatic carbocycles. The lowest BCUT2D eigenvalue weighted by Crippen LogP contribution is -2.31. The van der Waals surface area contributed by atoms with Crippen molar-refractivity contribution in [3.05, 3.63) is 77.6 Å². The first-order valence-electron chi connectivity index (χ1n) is 8.61. The topological polar surface area (TPSA) is 47.4 Å². The van der Waals surface area contributed by atoms with Gasteiger partial charge >= 0.3 is 0 Å². The molecule has 0 bridgehead atoms. The van der Waals surface area contributed by atoms with Gasteiger partial charge in [-0.15, -0.1) is 0 Å². The molecule has 2 aromatic carbocycles. The maximum absolute atomic E-state index is 12.7. The second-order valence-electron chi connectivity index (χ2n) is 6.28. The Morgan fingerprint density at radius 2 is 1.77 bits per heavy atom. The number of carbonyl (C=O) groups excluding carboxylic acids is 1. The molecule has 5 heteroatoms. The number of benzene rings is 2. The molecule has 0 atom stereocenters. The van der Waals surface area contributed by atoms with Gasteiger partial charge in [-0.3, -0.25) is 4.79 Å². The number of hydrogen-bond acceptors (Lipinski definition) is 3. The zero-order valence-electron chi connectivity index (χ0n) is 15.3. The maximum atomic E-state index is 12.7. The molecule has 0 fully saturated rings. The van der Waals surface area contributed by atoms with Crippen LogP contribution in [0.15, 0.2) is 60.8 Å². The first-order valence-corrected chi connectivity index (χ1v) is 8.61. The van der Waals surface area contributed by atoms with E-state index in [0.717, 1.165) is 17.1 Å². The van der Waals surface area contributed by atoms with Crippen LogP contribution in [0.2, 0.25) is 0 Å². The van der Waals surface area contributed by atoms with Crippen molar-refractivity contribution in [3.63, 3.8) is 0 Å². The number of likely N-dealkylation sites (N-methyl/N-ethyl adjacent to an activating group) is 1. The predicted octanol–water partition coefficient (Wildman–Crippen LogP) is 3.64. The van der Waals surface area contributed by atoms with E-state index in [2.05, 4.69) is 5.10 Å². The monoisotopic (exact) mass is 349 g/mol. The van der Waals surface area contributed by atoms with Crippen molar-refractivity contribution < 1.29 is 9.53 Å². The highest BCUT2D eigenvalue weighted by Crippen LogP contribution is 2.16. The number of aryl methyl sites for hydroxylation is 1. The number of para-hydroxylation sites is 1. The van der Waals surface area contributed by atoms with Crippen LogP contribution in [0.5, 0.6) is 5.75 Å². The number of hydrogen-bond donors (Lipinski definition) is 0. The number of amides is 1. The van der Waals surface area contributed by atoms with Gasteiger partial charge in [0.15, 0.2) is 0 Å². The van der Waals surface area contributed by atoms with Gasteiger partial charge in [-0.25, -0.2) is 4.68 Å². The van der Waals surface area contributed by atoms with Gasteiger partial charge < -0.3 is 9.64 Å². The second kappa shape index (κ2) is 7.87. The fraction of sp³-hybridized carbons (Fsp3) is 0.238. The molecule has 0 N–H and O–H groups in total. The molecule has 1 heterocycles. The summed E-state index contributed by atoms with van der Waals surface area (Å²) in [5.41, 5.74) is 3.56. The Hall–Kier alpha value is -3.08. The minimum Gasteiger partial charge on any atom is -0.492 e. The molecule has 1 aromatic heterocycles. The van der Waals surface area contributed by atoms with Crippen molar-refractivity contribution in [1.82, 2.24) is 14.7 Å². The van der Waals surface area contributed by atoms with Crippen LogP contribution in [0.4, 0.5) is 0 Å². The summed E-state index contributed by atoms with van der Waals surface area (Å²) in [7, 11) is 1.78. The van der Waals surface area contributed by atoms with Gasteiger partial charge in [0.25, 0.3) is 5.91 Å². The highest BCUT2D eigenvalue weighted by Gasteiger charge is 2.18. The van der Waals surface area contributed by atoms with Crippen molar-refractivity contribution in [1.29, 1.82) is 0 Å². The Bertz CT molecular complexity index is 870. The van der Waals surface area contributed by atoms with Gasteiger partial charge in [-0.05, 0) is 38.1 Å². The molecule has 134 valence electrons. The van der Waals surface area contributed by atoms with Crippen LogP contribution in [0.25, 0.3) is 5.69 Å². The van der Waals surface area contributed by atoms with Gasteiger partial charge in [0.1, 0.15) is 12.4 Å². The Labute approximate surface area is 153 Å². The van der Waals surface area contributed by atoms with E-state index in [1.54, 1.807) is 22.8 Å².